The number of rotatable bonds is 3. The average molecular weight is 235 g/mol. The molecule has 1 heterocycles. The second-order valence-corrected chi connectivity index (χ2v) is 4.87. The van der Waals surface area contributed by atoms with E-state index in [4.69, 9.17) is 10.5 Å². The predicted octanol–water partition coefficient (Wildman–Crippen LogP) is 2.20. The minimum Gasteiger partial charge on any atom is -0.384 e. The number of nitrogens with two attached hydrogens (primary N) is 1. The maximum absolute atomic E-state index is 5.67. The number of ether oxygens (including phenoxy) is 1. The van der Waals surface area contributed by atoms with Crippen LogP contribution in [0.2, 0.25) is 0 Å². The van der Waals surface area contributed by atoms with Gasteiger partial charge in [0.25, 0.3) is 0 Å². The molecule has 1 aliphatic rings. The zero-order chi connectivity index (χ0) is 12.1. The largest absolute Gasteiger partial charge is 0.384 e. The van der Waals surface area contributed by atoms with E-state index in [0.717, 1.165) is 12.1 Å². The lowest BCUT2D eigenvalue weighted by Gasteiger charge is -2.14. The van der Waals surface area contributed by atoms with Gasteiger partial charge in [-0.25, -0.2) is 9.97 Å². The molecule has 2 rings (SSSR count). The molecule has 0 amide bonds. The van der Waals surface area contributed by atoms with E-state index in [2.05, 4.69) is 9.97 Å². The highest BCUT2D eigenvalue weighted by Crippen LogP contribution is 2.27. The maximum atomic E-state index is 5.67. The molecule has 4 heteroatoms. The Balaban J connectivity index is 1.90. The third-order valence-electron chi connectivity index (χ3n) is 3.61. The van der Waals surface area contributed by atoms with Crippen molar-refractivity contribution >= 4 is 5.82 Å². The van der Waals surface area contributed by atoms with Gasteiger partial charge in [0.1, 0.15) is 12.1 Å². The summed E-state index contributed by atoms with van der Waals surface area (Å²) in [4.78, 5) is 8.20. The first-order valence-electron chi connectivity index (χ1n) is 6.37. The summed E-state index contributed by atoms with van der Waals surface area (Å²) in [5.74, 6) is 1.28. The molecule has 17 heavy (non-hydrogen) atoms. The molecule has 2 atom stereocenters. The summed E-state index contributed by atoms with van der Waals surface area (Å²) >= 11 is 0. The van der Waals surface area contributed by atoms with Gasteiger partial charge in [-0.15, -0.1) is 0 Å². The minimum atomic E-state index is 0.454. The van der Waals surface area contributed by atoms with Crippen molar-refractivity contribution in [2.24, 2.45) is 5.92 Å². The zero-order valence-corrected chi connectivity index (χ0v) is 10.4. The Hall–Kier alpha value is -1.16. The molecule has 0 saturated heterocycles. The van der Waals surface area contributed by atoms with Crippen molar-refractivity contribution in [2.45, 2.75) is 44.6 Å². The molecule has 1 aromatic heterocycles. The summed E-state index contributed by atoms with van der Waals surface area (Å²) in [7, 11) is 1.82. The van der Waals surface area contributed by atoms with Crippen molar-refractivity contribution in [3.63, 3.8) is 0 Å². The normalized spacial score (nSPS) is 25.5. The molecule has 94 valence electrons. The van der Waals surface area contributed by atoms with Crippen LogP contribution in [0.1, 0.15) is 37.8 Å². The van der Waals surface area contributed by atoms with Crippen molar-refractivity contribution in [2.75, 3.05) is 12.8 Å². The molecule has 0 aliphatic heterocycles. The van der Waals surface area contributed by atoms with Gasteiger partial charge in [-0.2, -0.15) is 0 Å². The Bertz CT molecular complexity index is 356. The molecular formula is C13H21N3O. The van der Waals surface area contributed by atoms with E-state index >= 15 is 0 Å². The Labute approximate surface area is 103 Å². The Morgan fingerprint density at radius 2 is 2.18 bits per heavy atom. The van der Waals surface area contributed by atoms with Crippen LogP contribution in [-0.4, -0.2) is 23.2 Å². The van der Waals surface area contributed by atoms with Gasteiger partial charge < -0.3 is 10.5 Å². The van der Waals surface area contributed by atoms with Gasteiger partial charge in [-0.05, 0) is 38.0 Å². The summed E-state index contributed by atoms with van der Waals surface area (Å²) < 4.78 is 5.44. The molecule has 1 saturated carbocycles. The lowest BCUT2D eigenvalue weighted by atomic mass is 9.95. The lowest BCUT2D eigenvalue weighted by Crippen LogP contribution is -2.09. The number of anilines is 1. The highest BCUT2D eigenvalue weighted by atomic mass is 16.5. The van der Waals surface area contributed by atoms with Crippen LogP contribution in [0.4, 0.5) is 5.82 Å². The first-order chi connectivity index (χ1) is 8.28. The molecule has 1 aliphatic carbocycles. The summed E-state index contributed by atoms with van der Waals surface area (Å²) in [5.41, 5.74) is 6.73. The van der Waals surface area contributed by atoms with Gasteiger partial charge >= 0.3 is 0 Å². The molecule has 0 spiro atoms. The van der Waals surface area contributed by atoms with E-state index in [1.807, 2.05) is 13.2 Å². The number of hydrogen-bond acceptors (Lipinski definition) is 4. The van der Waals surface area contributed by atoms with Crippen LogP contribution in [0.25, 0.3) is 0 Å². The van der Waals surface area contributed by atoms with E-state index in [-0.39, 0.29) is 0 Å². The molecule has 0 bridgehead atoms. The van der Waals surface area contributed by atoms with Gasteiger partial charge in [0, 0.05) is 18.9 Å². The maximum Gasteiger partial charge on any atom is 0.126 e. The lowest BCUT2D eigenvalue weighted by molar-refractivity contribution is 0.0890. The number of aromatic nitrogens is 2. The van der Waals surface area contributed by atoms with Gasteiger partial charge in [-0.1, -0.05) is 6.42 Å². The predicted molar refractivity (Wildman–Crippen MR) is 67.5 cm³/mol. The molecule has 1 aromatic rings. The van der Waals surface area contributed by atoms with Crippen molar-refractivity contribution < 1.29 is 4.74 Å². The minimum absolute atomic E-state index is 0.454. The second kappa shape index (κ2) is 5.96. The fourth-order valence-electron chi connectivity index (χ4n) is 2.61. The molecule has 2 N–H and O–H groups in total. The molecule has 2 unspecified atom stereocenters. The van der Waals surface area contributed by atoms with E-state index in [9.17, 15) is 0 Å². The zero-order valence-electron chi connectivity index (χ0n) is 10.4. The van der Waals surface area contributed by atoms with E-state index < -0.39 is 0 Å². The van der Waals surface area contributed by atoms with Crippen molar-refractivity contribution in [1.82, 2.24) is 9.97 Å². The first-order valence-corrected chi connectivity index (χ1v) is 6.37. The van der Waals surface area contributed by atoms with Gasteiger partial charge in [-0.3, -0.25) is 0 Å². The van der Waals surface area contributed by atoms with Crippen LogP contribution >= 0.6 is 0 Å². The summed E-state index contributed by atoms with van der Waals surface area (Å²) in [6.07, 6.45) is 9.13. The molecule has 4 nitrogen and oxygen atoms in total. The topological polar surface area (TPSA) is 61.0 Å². The second-order valence-electron chi connectivity index (χ2n) is 4.87. The van der Waals surface area contributed by atoms with Crippen LogP contribution < -0.4 is 5.73 Å². The molecule has 0 aromatic carbocycles. The summed E-state index contributed by atoms with van der Waals surface area (Å²) in [6, 6.07) is 1.89. The van der Waals surface area contributed by atoms with E-state index in [1.54, 1.807) is 6.33 Å². The number of methoxy groups -OCH3 is 1. The Morgan fingerprint density at radius 1 is 1.29 bits per heavy atom. The fourth-order valence-corrected chi connectivity index (χ4v) is 2.61. The Kier molecular flexibility index (Phi) is 4.31. The SMILES string of the molecule is COC1CCCC(Cc2cc(N)ncn2)CC1. The third-order valence-corrected chi connectivity index (χ3v) is 3.61. The average Bonchev–Trinajstić information content (AvgIpc) is 2.54. The van der Waals surface area contributed by atoms with Gasteiger partial charge in [0.15, 0.2) is 0 Å². The highest BCUT2D eigenvalue weighted by Gasteiger charge is 2.19. The monoisotopic (exact) mass is 235 g/mol. The van der Waals surface area contributed by atoms with Gasteiger partial charge in [0.05, 0.1) is 6.10 Å². The van der Waals surface area contributed by atoms with E-state index in [1.165, 1.54) is 32.1 Å². The Morgan fingerprint density at radius 3 is 2.94 bits per heavy atom. The van der Waals surface area contributed by atoms with Crippen LogP contribution in [0.5, 0.6) is 0 Å². The third kappa shape index (κ3) is 3.66. The van der Waals surface area contributed by atoms with Crippen molar-refractivity contribution in [3.8, 4) is 0 Å². The van der Waals surface area contributed by atoms with Crippen molar-refractivity contribution in [3.05, 3.63) is 18.1 Å². The first kappa shape index (κ1) is 12.3. The number of hydrogen-bond donors (Lipinski definition) is 1. The standard InChI is InChI=1S/C13H21N3O/c1-17-12-4-2-3-10(5-6-12)7-11-8-13(14)16-9-15-11/h8-10,12H,2-7H2,1H3,(H2,14,15,16). The number of nitrogens with zero attached hydrogens (tertiary/aromatic N) is 2. The van der Waals surface area contributed by atoms with E-state index in [0.29, 0.717) is 17.8 Å². The van der Waals surface area contributed by atoms with Crippen LogP contribution in [0, 0.1) is 5.92 Å². The highest BCUT2D eigenvalue weighted by molar-refractivity contribution is 5.27. The van der Waals surface area contributed by atoms with Crippen molar-refractivity contribution in [1.29, 1.82) is 0 Å². The summed E-state index contributed by atoms with van der Waals surface area (Å²) in [6.45, 7) is 0. The molecular weight excluding hydrogens is 214 g/mol. The number of nitrogen functional groups attached to an aromatic ring is 1. The van der Waals surface area contributed by atoms with Crippen LogP contribution in [0.15, 0.2) is 12.4 Å². The van der Waals surface area contributed by atoms with Crippen LogP contribution in [0.3, 0.4) is 0 Å². The fraction of sp³-hybridized carbons (Fsp3) is 0.692. The van der Waals surface area contributed by atoms with Crippen LogP contribution in [-0.2, 0) is 11.2 Å². The summed E-state index contributed by atoms with van der Waals surface area (Å²) in [5, 5.41) is 0. The quantitative estimate of drug-likeness (QED) is 0.816. The molecule has 0 radical (unpaired) electrons. The van der Waals surface area contributed by atoms with Gasteiger partial charge in [0.2, 0.25) is 0 Å². The smallest absolute Gasteiger partial charge is 0.126 e. The molecule has 1 fully saturated rings.